The quantitative estimate of drug-likeness (QED) is 0.719. The summed E-state index contributed by atoms with van der Waals surface area (Å²) < 4.78 is 10.9. The molecule has 2 atom stereocenters. The monoisotopic (exact) mass is 187 g/mol. The molecule has 1 saturated heterocycles. The predicted molar refractivity (Wildman–Crippen MR) is 52.9 cm³/mol. The molecule has 1 aliphatic rings. The van der Waals surface area contributed by atoms with Gasteiger partial charge in [0.15, 0.2) is 0 Å². The molecule has 1 rings (SSSR count). The smallest absolute Gasteiger partial charge is 0.0711 e. The van der Waals surface area contributed by atoms with Gasteiger partial charge in [0.1, 0.15) is 0 Å². The third-order valence-electron chi connectivity index (χ3n) is 2.23. The second-order valence-corrected chi connectivity index (χ2v) is 4.62. The van der Waals surface area contributed by atoms with E-state index >= 15 is 0 Å². The number of methoxy groups -OCH3 is 1. The van der Waals surface area contributed by atoms with E-state index < -0.39 is 0 Å². The highest BCUT2D eigenvalue weighted by molar-refractivity contribution is 4.82. The lowest BCUT2D eigenvalue weighted by Gasteiger charge is -2.22. The molecular weight excluding hydrogens is 166 g/mol. The molecule has 0 aromatic rings. The second-order valence-electron chi connectivity index (χ2n) is 4.62. The summed E-state index contributed by atoms with van der Waals surface area (Å²) >= 11 is 0. The minimum Gasteiger partial charge on any atom is -0.380 e. The van der Waals surface area contributed by atoms with Crippen LogP contribution in [0.4, 0.5) is 0 Å². The molecule has 0 aromatic heterocycles. The van der Waals surface area contributed by atoms with E-state index in [2.05, 4.69) is 26.1 Å². The Kier molecular flexibility index (Phi) is 3.71. The van der Waals surface area contributed by atoms with Gasteiger partial charge < -0.3 is 14.8 Å². The first-order valence-electron chi connectivity index (χ1n) is 4.91. The third kappa shape index (κ3) is 4.07. The predicted octanol–water partition coefficient (Wildman–Crippen LogP) is 1.18. The Morgan fingerprint density at radius 2 is 2.08 bits per heavy atom. The molecule has 1 heterocycles. The molecule has 0 bridgehead atoms. The molecule has 0 unspecified atom stereocenters. The van der Waals surface area contributed by atoms with Crippen molar-refractivity contribution >= 4 is 0 Å². The van der Waals surface area contributed by atoms with E-state index in [0.29, 0.717) is 12.1 Å². The Bertz CT molecular complexity index is 153. The van der Waals surface area contributed by atoms with Crippen LogP contribution in [0.15, 0.2) is 0 Å². The Hall–Kier alpha value is -0.120. The fourth-order valence-electron chi connectivity index (χ4n) is 1.44. The van der Waals surface area contributed by atoms with Gasteiger partial charge in [0.25, 0.3) is 0 Å². The molecule has 0 amide bonds. The van der Waals surface area contributed by atoms with Crippen LogP contribution in [-0.4, -0.2) is 38.0 Å². The molecule has 13 heavy (non-hydrogen) atoms. The molecular formula is C10H21NO2. The Labute approximate surface area is 80.8 Å². The largest absolute Gasteiger partial charge is 0.380 e. The molecule has 0 aliphatic carbocycles. The van der Waals surface area contributed by atoms with E-state index in [1.54, 1.807) is 7.11 Å². The lowest BCUT2D eigenvalue weighted by molar-refractivity contribution is -0.0138. The van der Waals surface area contributed by atoms with Crippen molar-refractivity contribution in [2.75, 3.05) is 20.3 Å². The molecule has 3 nitrogen and oxygen atoms in total. The fraction of sp³-hybridized carbons (Fsp3) is 1.00. The summed E-state index contributed by atoms with van der Waals surface area (Å²) in [6, 6.07) is 0.462. The highest BCUT2D eigenvalue weighted by Crippen LogP contribution is 2.13. The van der Waals surface area contributed by atoms with Gasteiger partial charge in [-0.1, -0.05) is 0 Å². The summed E-state index contributed by atoms with van der Waals surface area (Å²) in [6.45, 7) is 7.97. The van der Waals surface area contributed by atoms with E-state index in [4.69, 9.17) is 9.47 Å². The Morgan fingerprint density at radius 3 is 2.54 bits per heavy atom. The van der Waals surface area contributed by atoms with Crippen molar-refractivity contribution in [2.24, 2.45) is 0 Å². The molecule has 1 fully saturated rings. The Balaban J connectivity index is 2.17. The molecule has 1 N–H and O–H groups in total. The average Bonchev–Trinajstić information content (AvgIpc) is 2.47. The van der Waals surface area contributed by atoms with Gasteiger partial charge in [-0.25, -0.2) is 0 Å². The van der Waals surface area contributed by atoms with Crippen LogP contribution in [0.3, 0.4) is 0 Å². The van der Waals surface area contributed by atoms with Gasteiger partial charge in [0, 0.05) is 19.7 Å². The molecule has 1 aliphatic heterocycles. The molecule has 0 saturated carbocycles. The van der Waals surface area contributed by atoms with Crippen LogP contribution in [0.5, 0.6) is 0 Å². The summed E-state index contributed by atoms with van der Waals surface area (Å²) in [4.78, 5) is 0. The first kappa shape index (κ1) is 11.0. The lowest BCUT2D eigenvalue weighted by atomic mass is 10.1. The van der Waals surface area contributed by atoms with Crippen LogP contribution in [0, 0.1) is 0 Å². The molecule has 78 valence electrons. The highest BCUT2D eigenvalue weighted by Gasteiger charge is 2.25. The van der Waals surface area contributed by atoms with Gasteiger partial charge in [0.2, 0.25) is 0 Å². The van der Waals surface area contributed by atoms with Gasteiger partial charge in [-0.2, -0.15) is 0 Å². The topological polar surface area (TPSA) is 30.5 Å². The maximum Gasteiger partial charge on any atom is 0.0711 e. The van der Waals surface area contributed by atoms with Crippen LogP contribution >= 0.6 is 0 Å². The minimum absolute atomic E-state index is 0.0349. The van der Waals surface area contributed by atoms with Crippen LogP contribution < -0.4 is 5.32 Å². The van der Waals surface area contributed by atoms with Crippen molar-refractivity contribution < 1.29 is 9.47 Å². The zero-order valence-corrected chi connectivity index (χ0v) is 9.09. The summed E-state index contributed by atoms with van der Waals surface area (Å²) in [6.07, 6.45) is 1.43. The summed E-state index contributed by atoms with van der Waals surface area (Å²) in [7, 11) is 1.76. The van der Waals surface area contributed by atoms with E-state index in [9.17, 15) is 0 Å². The van der Waals surface area contributed by atoms with E-state index in [1.165, 1.54) is 0 Å². The summed E-state index contributed by atoms with van der Waals surface area (Å²) in [5, 5.41) is 3.38. The Morgan fingerprint density at radius 1 is 1.38 bits per heavy atom. The first-order chi connectivity index (χ1) is 6.01. The number of nitrogens with one attached hydrogen (secondary N) is 1. The number of hydrogen-bond donors (Lipinski definition) is 1. The van der Waals surface area contributed by atoms with Crippen molar-refractivity contribution in [3.63, 3.8) is 0 Å². The maximum atomic E-state index is 5.69. The normalized spacial score (nSPS) is 29.5. The average molecular weight is 187 g/mol. The maximum absolute atomic E-state index is 5.69. The third-order valence-corrected chi connectivity index (χ3v) is 2.23. The van der Waals surface area contributed by atoms with Crippen molar-refractivity contribution in [2.45, 2.75) is 44.9 Å². The molecule has 0 radical (unpaired) electrons. The van der Waals surface area contributed by atoms with E-state index in [0.717, 1.165) is 19.6 Å². The molecule has 0 aromatic carbocycles. The standard InChI is InChI=1S/C10H21NO2/c1-10(2,3)13-7-8-5-9(12-4)6-11-8/h8-9,11H,5-7H2,1-4H3/t8-,9+/m0/s1. The second kappa shape index (κ2) is 4.40. The van der Waals surface area contributed by atoms with Crippen LogP contribution in [0.25, 0.3) is 0 Å². The zero-order valence-electron chi connectivity index (χ0n) is 9.09. The van der Waals surface area contributed by atoms with Crippen molar-refractivity contribution in [1.82, 2.24) is 5.32 Å². The fourth-order valence-corrected chi connectivity index (χ4v) is 1.44. The first-order valence-corrected chi connectivity index (χ1v) is 4.91. The highest BCUT2D eigenvalue weighted by atomic mass is 16.5. The molecule has 0 spiro atoms. The van der Waals surface area contributed by atoms with Crippen LogP contribution in [0.2, 0.25) is 0 Å². The van der Waals surface area contributed by atoms with Gasteiger partial charge in [-0.15, -0.1) is 0 Å². The van der Waals surface area contributed by atoms with Gasteiger partial charge in [-0.05, 0) is 27.2 Å². The van der Waals surface area contributed by atoms with E-state index in [1.807, 2.05) is 0 Å². The van der Waals surface area contributed by atoms with Gasteiger partial charge in [-0.3, -0.25) is 0 Å². The summed E-state index contributed by atoms with van der Waals surface area (Å²) in [5.41, 5.74) is -0.0349. The van der Waals surface area contributed by atoms with Crippen molar-refractivity contribution in [1.29, 1.82) is 0 Å². The molecule has 3 heteroatoms. The number of hydrogen-bond acceptors (Lipinski definition) is 3. The number of ether oxygens (including phenoxy) is 2. The van der Waals surface area contributed by atoms with Crippen LogP contribution in [0.1, 0.15) is 27.2 Å². The van der Waals surface area contributed by atoms with Gasteiger partial charge >= 0.3 is 0 Å². The number of rotatable bonds is 3. The lowest BCUT2D eigenvalue weighted by Crippen LogP contribution is -2.31. The zero-order chi connectivity index (χ0) is 9.90. The van der Waals surface area contributed by atoms with Crippen molar-refractivity contribution in [3.05, 3.63) is 0 Å². The van der Waals surface area contributed by atoms with Crippen LogP contribution in [-0.2, 0) is 9.47 Å². The van der Waals surface area contributed by atoms with Crippen molar-refractivity contribution in [3.8, 4) is 0 Å². The SMILES string of the molecule is CO[C@H]1CN[C@H](COC(C)(C)C)C1. The van der Waals surface area contributed by atoms with Gasteiger partial charge in [0.05, 0.1) is 18.3 Å². The minimum atomic E-state index is -0.0349. The van der Waals surface area contributed by atoms with E-state index in [-0.39, 0.29) is 5.60 Å². The summed E-state index contributed by atoms with van der Waals surface area (Å²) in [5.74, 6) is 0.